The highest BCUT2D eigenvalue weighted by molar-refractivity contribution is 7.13. The maximum absolute atomic E-state index is 3.99. The largest absolute Gasteiger partial charge is 0.347 e. The molecule has 2 rings (SSSR count). The van der Waals surface area contributed by atoms with Crippen molar-refractivity contribution < 1.29 is 0 Å². The van der Waals surface area contributed by atoms with E-state index < -0.39 is 0 Å². The molecule has 0 aliphatic carbocycles. The Morgan fingerprint density at radius 3 is 2.80 bits per heavy atom. The van der Waals surface area contributed by atoms with E-state index in [2.05, 4.69) is 15.1 Å². The van der Waals surface area contributed by atoms with Gasteiger partial charge in [-0.05, 0) is 12.8 Å². The molecule has 0 unspecified atom stereocenters. The lowest BCUT2D eigenvalue weighted by atomic mass is 10.4. The van der Waals surface area contributed by atoms with E-state index >= 15 is 0 Å². The minimum absolute atomic E-state index is 1.08. The second-order valence-corrected chi connectivity index (χ2v) is 3.23. The van der Waals surface area contributed by atoms with Gasteiger partial charge in [0.25, 0.3) is 0 Å². The first-order chi connectivity index (χ1) is 4.97. The maximum Gasteiger partial charge on any atom is 0.208 e. The number of aromatic nitrogens is 2. The summed E-state index contributed by atoms with van der Waals surface area (Å²) in [4.78, 5) is 2.29. The summed E-state index contributed by atoms with van der Waals surface area (Å²) in [5.74, 6) is 0. The summed E-state index contributed by atoms with van der Waals surface area (Å²) >= 11 is 1.62. The Balaban J connectivity index is 2.12. The summed E-state index contributed by atoms with van der Waals surface area (Å²) in [6.45, 7) is 2.32. The third kappa shape index (κ3) is 0.988. The van der Waals surface area contributed by atoms with Crippen molar-refractivity contribution in [3.63, 3.8) is 0 Å². The van der Waals surface area contributed by atoms with Crippen molar-refractivity contribution in [1.29, 1.82) is 0 Å². The van der Waals surface area contributed by atoms with E-state index in [0.29, 0.717) is 0 Å². The molecule has 0 atom stereocenters. The topological polar surface area (TPSA) is 29.0 Å². The normalized spacial score (nSPS) is 18.2. The molecule has 0 saturated carbocycles. The Morgan fingerprint density at radius 2 is 2.20 bits per heavy atom. The Morgan fingerprint density at radius 1 is 1.40 bits per heavy atom. The van der Waals surface area contributed by atoms with Crippen LogP contribution in [0.15, 0.2) is 5.51 Å². The monoisotopic (exact) mass is 155 g/mol. The second-order valence-electron chi connectivity index (χ2n) is 2.42. The van der Waals surface area contributed by atoms with Crippen molar-refractivity contribution in [2.75, 3.05) is 18.0 Å². The summed E-state index contributed by atoms with van der Waals surface area (Å²) in [7, 11) is 0. The van der Waals surface area contributed by atoms with Crippen molar-refractivity contribution >= 4 is 16.5 Å². The molecular formula is C6H9N3S. The minimum Gasteiger partial charge on any atom is -0.347 e. The van der Waals surface area contributed by atoms with Crippen molar-refractivity contribution in [3.05, 3.63) is 5.51 Å². The van der Waals surface area contributed by atoms with E-state index in [4.69, 9.17) is 0 Å². The first-order valence-electron chi connectivity index (χ1n) is 3.48. The molecule has 3 nitrogen and oxygen atoms in total. The van der Waals surface area contributed by atoms with E-state index in [1.165, 1.54) is 12.8 Å². The number of rotatable bonds is 1. The van der Waals surface area contributed by atoms with Crippen LogP contribution in [0, 0.1) is 0 Å². The average molecular weight is 155 g/mol. The number of hydrogen-bond donors (Lipinski definition) is 0. The maximum atomic E-state index is 3.99. The van der Waals surface area contributed by atoms with Crippen LogP contribution in [0.2, 0.25) is 0 Å². The molecule has 0 amide bonds. The Labute approximate surface area is 63.7 Å². The first kappa shape index (κ1) is 6.09. The fourth-order valence-electron chi connectivity index (χ4n) is 1.21. The van der Waals surface area contributed by atoms with Crippen LogP contribution in [0.1, 0.15) is 12.8 Å². The summed E-state index contributed by atoms with van der Waals surface area (Å²) in [5.41, 5.74) is 1.79. The molecule has 10 heavy (non-hydrogen) atoms. The van der Waals surface area contributed by atoms with Gasteiger partial charge in [0.1, 0.15) is 5.51 Å². The van der Waals surface area contributed by atoms with Gasteiger partial charge in [-0.3, -0.25) is 0 Å². The van der Waals surface area contributed by atoms with E-state index in [1.807, 2.05) is 0 Å². The lowest BCUT2D eigenvalue weighted by Crippen LogP contribution is -2.17. The SMILES string of the molecule is c1nnc(N2CCCC2)s1. The van der Waals surface area contributed by atoms with E-state index in [1.54, 1.807) is 16.8 Å². The molecule has 1 aliphatic rings. The Hall–Kier alpha value is -0.640. The van der Waals surface area contributed by atoms with Gasteiger partial charge >= 0.3 is 0 Å². The van der Waals surface area contributed by atoms with Crippen LogP contribution in [0.3, 0.4) is 0 Å². The van der Waals surface area contributed by atoms with Crippen molar-refractivity contribution in [1.82, 2.24) is 10.2 Å². The summed E-state index contributed by atoms with van der Waals surface area (Å²) in [6, 6.07) is 0. The zero-order chi connectivity index (χ0) is 6.81. The summed E-state index contributed by atoms with van der Waals surface area (Å²) < 4.78 is 0. The lowest BCUT2D eigenvalue weighted by molar-refractivity contribution is 0.928. The summed E-state index contributed by atoms with van der Waals surface area (Å²) in [6.07, 6.45) is 2.61. The molecule has 0 spiro atoms. The Kier molecular flexibility index (Phi) is 1.55. The van der Waals surface area contributed by atoms with Gasteiger partial charge in [-0.15, -0.1) is 10.2 Å². The molecule has 0 N–H and O–H groups in total. The van der Waals surface area contributed by atoms with Crippen LogP contribution < -0.4 is 4.90 Å². The van der Waals surface area contributed by atoms with Crippen LogP contribution in [-0.4, -0.2) is 23.3 Å². The van der Waals surface area contributed by atoms with E-state index in [-0.39, 0.29) is 0 Å². The smallest absolute Gasteiger partial charge is 0.208 e. The minimum atomic E-state index is 1.08. The molecule has 0 aromatic carbocycles. The van der Waals surface area contributed by atoms with Crippen molar-refractivity contribution in [2.24, 2.45) is 0 Å². The van der Waals surface area contributed by atoms with E-state index in [0.717, 1.165) is 18.2 Å². The molecule has 1 saturated heterocycles. The van der Waals surface area contributed by atoms with Crippen molar-refractivity contribution in [2.45, 2.75) is 12.8 Å². The molecule has 1 fully saturated rings. The average Bonchev–Trinajstić information content (AvgIpc) is 2.59. The van der Waals surface area contributed by atoms with Gasteiger partial charge in [0.2, 0.25) is 5.13 Å². The van der Waals surface area contributed by atoms with Gasteiger partial charge < -0.3 is 4.90 Å². The summed E-state index contributed by atoms with van der Waals surface area (Å²) in [5, 5.41) is 8.87. The third-order valence-corrected chi connectivity index (χ3v) is 2.48. The fraction of sp³-hybridized carbons (Fsp3) is 0.667. The predicted octanol–water partition coefficient (Wildman–Crippen LogP) is 1.14. The van der Waals surface area contributed by atoms with Gasteiger partial charge in [0.15, 0.2) is 0 Å². The quantitative estimate of drug-likeness (QED) is 0.609. The molecule has 54 valence electrons. The predicted molar refractivity (Wildman–Crippen MR) is 41.4 cm³/mol. The standard InChI is InChI=1S/C6H9N3S/c1-2-4-9(3-1)6-8-7-5-10-6/h5H,1-4H2. The molecule has 4 heteroatoms. The zero-order valence-corrected chi connectivity index (χ0v) is 6.47. The van der Waals surface area contributed by atoms with Crippen LogP contribution in [0.25, 0.3) is 0 Å². The lowest BCUT2D eigenvalue weighted by Gasteiger charge is -2.10. The molecule has 1 aromatic rings. The van der Waals surface area contributed by atoms with Crippen LogP contribution >= 0.6 is 11.3 Å². The van der Waals surface area contributed by atoms with Gasteiger partial charge in [-0.1, -0.05) is 11.3 Å². The van der Waals surface area contributed by atoms with Crippen LogP contribution in [0.4, 0.5) is 5.13 Å². The van der Waals surface area contributed by atoms with Gasteiger partial charge in [-0.2, -0.15) is 0 Å². The van der Waals surface area contributed by atoms with Crippen LogP contribution in [-0.2, 0) is 0 Å². The zero-order valence-electron chi connectivity index (χ0n) is 5.66. The number of anilines is 1. The first-order valence-corrected chi connectivity index (χ1v) is 4.36. The molecule has 1 aromatic heterocycles. The molecule has 0 radical (unpaired) electrons. The molecular weight excluding hydrogens is 146 g/mol. The van der Waals surface area contributed by atoms with Crippen LogP contribution in [0.5, 0.6) is 0 Å². The highest BCUT2D eigenvalue weighted by Crippen LogP contribution is 2.20. The third-order valence-electron chi connectivity index (χ3n) is 1.73. The molecule has 0 bridgehead atoms. The highest BCUT2D eigenvalue weighted by atomic mass is 32.1. The molecule has 2 heterocycles. The highest BCUT2D eigenvalue weighted by Gasteiger charge is 2.13. The Bertz CT molecular complexity index is 191. The second kappa shape index (κ2) is 2.54. The van der Waals surface area contributed by atoms with Crippen molar-refractivity contribution in [3.8, 4) is 0 Å². The fourth-order valence-corrected chi connectivity index (χ4v) is 1.83. The number of nitrogens with zero attached hydrogens (tertiary/aromatic N) is 3. The molecule has 1 aliphatic heterocycles. The van der Waals surface area contributed by atoms with Gasteiger partial charge in [0, 0.05) is 13.1 Å². The van der Waals surface area contributed by atoms with E-state index in [9.17, 15) is 0 Å². The van der Waals surface area contributed by atoms with Gasteiger partial charge in [-0.25, -0.2) is 0 Å². The van der Waals surface area contributed by atoms with Gasteiger partial charge in [0.05, 0.1) is 0 Å². The number of hydrogen-bond acceptors (Lipinski definition) is 4.